The van der Waals surface area contributed by atoms with Gasteiger partial charge in [-0.3, -0.25) is 4.79 Å². The van der Waals surface area contributed by atoms with Crippen molar-refractivity contribution in [2.75, 3.05) is 33.3 Å². The van der Waals surface area contributed by atoms with E-state index in [-0.39, 0.29) is 0 Å². The number of methoxy groups -OCH3 is 3. The second-order valence-corrected chi connectivity index (χ2v) is 3.10. The molecule has 1 aromatic carbocycles. The van der Waals surface area contributed by atoms with Crippen molar-refractivity contribution in [3.8, 4) is 17.2 Å². The number of amides is 1. The molecule has 0 N–H and O–H groups in total. The number of benzene rings is 1. The number of hydrogen-bond donors (Lipinski definition) is 0. The van der Waals surface area contributed by atoms with E-state index in [4.69, 9.17) is 14.2 Å². The lowest BCUT2D eigenvalue weighted by Gasteiger charge is -2.17. The third kappa shape index (κ3) is 2.18. The Morgan fingerprint density at radius 3 is 1.88 bits per heavy atom. The molecule has 1 rings (SSSR count). The molecule has 0 radical (unpaired) electrons. The van der Waals surface area contributed by atoms with Crippen LogP contribution in [0.25, 0.3) is 0 Å². The minimum Gasteiger partial charge on any atom is -0.493 e. The molecule has 0 heterocycles. The van der Waals surface area contributed by atoms with Crippen molar-refractivity contribution in [2.24, 2.45) is 0 Å². The van der Waals surface area contributed by atoms with E-state index in [0.29, 0.717) is 29.3 Å². The highest BCUT2D eigenvalue weighted by Gasteiger charge is 2.14. The maximum absolute atomic E-state index is 10.7. The number of nitrogens with zero attached hydrogens (tertiary/aromatic N) is 1. The van der Waals surface area contributed by atoms with Crippen molar-refractivity contribution in [3.05, 3.63) is 12.1 Å². The van der Waals surface area contributed by atoms with Gasteiger partial charge in [-0.2, -0.15) is 0 Å². The maximum atomic E-state index is 10.7. The lowest BCUT2D eigenvalue weighted by Crippen LogP contribution is -2.14. The first-order chi connectivity index (χ1) is 7.67. The largest absolute Gasteiger partial charge is 0.493 e. The maximum Gasteiger partial charge on any atom is 0.213 e. The summed E-state index contributed by atoms with van der Waals surface area (Å²) in [5.41, 5.74) is 0.671. The summed E-state index contributed by atoms with van der Waals surface area (Å²) >= 11 is 0. The Balaban J connectivity index is 3.30. The Hall–Kier alpha value is -1.91. The molecule has 0 aliphatic rings. The lowest BCUT2D eigenvalue weighted by atomic mass is 10.2. The van der Waals surface area contributed by atoms with Gasteiger partial charge < -0.3 is 19.1 Å². The first kappa shape index (κ1) is 12.2. The van der Waals surface area contributed by atoms with Gasteiger partial charge >= 0.3 is 0 Å². The van der Waals surface area contributed by atoms with Crippen LogP contribution in [-0.2, 0) is 4.79 Å². The summed E-state index contributed by atoms with van der Waals surface area (Å²) < 4.78 is 15.5. The van der Waals surface area contributed by atoms with E-state index in [0.717, 1.165) is 0 Å². The van der Waals surface area contributed by atoms with Gasteiger partial charge in [-0.15, -0.1) is 0 Å². The predicted octanol–water partition coefficient (Wildman–Crippen LogP) is 1.30. The summed E-state index contributed by atoms with van der Waals surface area (Å²) in [5, 5.41) is 0. The fourth-order valence-corrected chi connectivity index (χ4v) is 1.33. The summed E-state index contributed by atoms with van der Waals surface area (Å²) in [6.45, 7) is 0. The number of anilines is 1. The van der Waals surface area contributed by atoms with Crippen LogP contribution < -0.4 is 19.1 Å². The minimum atomic E-state index is 0.507. The van der Waals surface area contributed by atoms with Crippen LogP contribution in [0.1, 0.15) is 0 Å². The van der Waals surface area contributed by atoms with E-state index in [1.165, 1.54) is 26.2 Å². The van der Waals surface area contributed by atoms with Gasteiger partial charge in [0.25, 0.3) is 0 Å². The highest BCUT2D eigenvalue weighted by Crippen LogP contribution is 2.40. The highest BCUT2D eigenvalue weighted by atomic mass is 16.5. The second-order valence-electron chi connectivity index (χ2n) is 3.10. The number of rotatable bonds is 5. The first-order valence-electron chi connectivity index (χ1n) is 4.66. The Bertz CT molecular complexity index is 353. The highest BCUT2D eigenvalue weighted by molar-refractivity contribution is 5.77. The van der Waals surface area contributed by atoms with Gasteiger partial charge in [0.05, 0.1) is 27.0 Å². The van der Waals surface area contributed by atoms with Gasteiger partial charge in [0.1, 0.15) is 0 Å². The van der Waals surface area contributed by atoms with E-state index in [2.05, 4.69) is 0 Å². The first-order valence-corrected chi connectivity index (χ1v) is 4.66. The van der Waals surface area contributed by atoms with Crippen molar-refractivity contribution in [1.82, 2.24) is 0 Å². The molecule has 0 unspecified atom stereocenters. The molecule has 5 heteroatoms. The third-order valence-corrected chi connectivity index (χ3v) is 2.21. The number of hydrogen-bond acceptors (Lipinski definition) is 4. The van der Waals surface area contributed by atoms with Gasteiger partial charge in [-0.25, -0.2) is 0 Å². The molecular formula is C11H15NO4. The molecule has 88 valence electrons. The van der Waals surface area contributed by atoms with E-state index in [1.807, 2.05) is 0 Å². The minimum absolute atomic E-state index is 0.507. The van der Waals surface area contributed by atoms with Crippen LogP contribution >= 0.6 is 0 Å². The van der Waals surface area contributed by atoms with Gasteiger partial charge in [0.2, 0.25) is 12.2 Å². The van der Waals surface area contributed by atoms with Crippen LogP contribution in [0.2, 0.25) is 0 Å². The SMILES string of the molecule is COc1cc(N(C)C=O)cc(OC)c1OC. The van der Waals surface area contributed by atoms with Crippen LogP contribution in [0.4, 0.5) is 5.69 Å². The molecule has 0 atom stereocenters. The molecule has 0 saturated heterocycles. The molecular weight excluding hydrogens is 210 g/mol. The number of ether oxygens (including phenoxy) is 3. The Kier molecular flexibility index (Phi) is 3.99. The van der Waals surface area contributed by atoms with Crippen molar-refractivity contribution >= 4 is 12.1 Å². The van der Waals surface area contributed by atoms with E-state index in [9.17, 15) is 4.79 Å². The molecule has 1 aromatic rings. The summed E-state index contributed by atoms with van der Waals surface area (Å²) in [5.74, 6) is 1.55. The van der Waals surface area contributed by atoms with Crippen molar-refractivity contribution < 1.29 is 19.0 Å². The molecule has 1 amide bonds. The van der Waals surface area contributed by atoms with E-state index >= 15 is 0 Å². The van der Waals surface area contributed by atoms with Gasteiger partial charge in [0.15, 0.2) is 11.5 Å². The van der Waals surface area contributed by atoms with Crippen LogP contribution in [0.5, 0.6) is 17.2 Å². The zero-order chi connectivity index (χ0) is 12.1. The smallest absolute Gasteiger partial charge is 0.213 e. The molecule has 0 bridgehead atoms. The van der Waals surface area contributed by atoms with Crippen LogP contribution in [0, 0.1) is 0 Å². The quantitative estimate of drug-likeness (QED) is 0.709. The summed E-state index contributed by atoms with van der Waals surface area (Å²) in [6, 6.07) is 3.41. The zero-order valence-corrected chi connectivity index (χ0v) is 9.81. The predicted molar refractivity (Wildman–Crippen MR) is 60.6 cm³/mol. The molecule has 16 heavy (non-hydrogen) atoms. The normalized spacial score (nSPS) is 9.50. The fourth-order valence-electron chi connectivity index (χ4n) is 1.33. The average Bonchev–Trinajstić information content (AvgIpc) is 2.35. The zero-order valence-electron chi connectivity index (χ0n) is 9.81. The molecule has 0 aromatic heterocycles. The molecule has 0 aliphatic carbocycles. The summed E-state index contributed by atoms with van der Waals surface area (Å²) in [6.07, 6.45) is 0.709. The molecule has 0 spiro atoms. The van der Waals surface area contributed by atoms with E-state index in [1.54, 1.807) is 19.2 Å². The van der Waals surface area contributed by atoms with E-state index < -0.39 is 0 Å². The Labute approximate surface area is 94.5 Å². The van der Waals surface area contributed by atoms with Crippen molar-refractivity contribution in [1.29, 1.82) is 0 Å². The summed E-state index contributed by atoms with van der Waals surface area (Å²) in [4.78, 5) is 12.1. The molecule has 5 nitrogen and oxygen atoms in total. The second kappa shape index (κ2) is 5.25. The average molecular weight is 225 g/mol. The monoisotopic (exact) mass is 225 g/mol. The molecule has 0 saturated carbocycles. The topological polar surface area (TPSA) is 48.0 Å². The molecule has 0 fully saturated rings. The van der Waals surface area contributed by atoms with Gasteiger partial charge in [-0.1, -0.05) is 0 Å². The van der Waals surface area contributed by atoms with Crippen molar-refractivity contribution in [2.45, 2.75) is 0 Å². The fraction of sp³-hybridized carbons (Fsp3) is 0.364. The van der Waals surface area contributed by atoms with Crippen LogP contribution in [-0.4, -0.2) is 34.8 Å². The van der Waals surface area contributed by atoms with Crippen molar-refractivity contribution in [3.63, 3.8) is 0 Å². The molecule has 0 aliphatic heterocycles. The summed E-state index contributed by atoms with van der Waals surface area (Å²) in [7, 11) is 6.24. The van der Waals surface area contributed by atoms with Gasteiger partial charge in [0, 0.05) is 19.2 Å². The van der Waals surface area contributed by atoms with Gasteiger partial charge in [-0.05, 0) is 0 Å². The standard InChI is InChI=1S/C11H15NO4/c1-12(7-13)8-5-9(14-2)11(16-4)10(6-8)15-3/h5-7H,1-4H3. The Morgan fingerprint density at radius 2 is 1.56 bits per heavy atom. The number of carbonyl (C=O) groups excluding carboxylic acids is 1. The lowest BCUT2D eigenvalue weighted by molar-refractivity contribution is -0.107. The van der Waals surface area contributed by atoms with Crippen LogP contribution in [0.3, 0.4) is 0 Å². The Morgan fingerprint density at radius 1 is 1.06 bits per heavy atom. The number of carbonyl (C=O) groups is 1. The third-order valence-electron chi connectivity index (χ3n) is 2.21. The van der Waals surface area contributed by atoms with Crippen LogP contribution in [0.15, 0.2) is 12.1 Å².